The van der Waals surface area contributed by atoms with Gasteiger partial charge in [0.15, 0.2) is 0 Å². The fourth-order valence-corrected chi connectivity index (χ4v) is 2.31. The van der Waals surface area contributed by atoms with E-state index in [0.29, 0.717) is 0 Å². The molecule has 0 amide bonds. The van der Waals surface area contributed by atoms with E-state index in [0.717, 1.165) is 25.8 Å². The monoisotopic (exact) mass is 155 g/mol. The molecule has 3 heteroatoms. The van der Waals surface area contributed by atoms with Gasteiger partial charge in [0.25, 0.3) is 0 Å². The van der Waals surface area contributed by atoms with E-state index in [2.05, 4.69) is 5.32 Å². The van der Waals surface area contributed by atoms with Gasteiger partial charge in [-0.05, 0) is 32.2 Å². The van der Waals surface area contributed by atoms with Crippen LogP contribution in [-0.4, -0.2) is 23.2 Å². The summed E-state index contributed by atoms with van der Waals surface area (Å²) in [6.07, 6.45) is 4.13. The van der Waals surface area contributed by atoms with Crippen molar-refractivity contribution in [2.45, 2.75) is 31.2 Å². The number of rotatable bonds is 1. The zero-order valence-electron chi connectivity index (χ0n) is 6.47. The smallest absolute Gasteiger partial charge is 0.308 e. The maximum atomic E-state index is 10.8. The molecule has 11 heavy (non-hydrogen) atoms. The number of hydrogen-bond acceptors (Lipinski definition) is 2. The number of carboxylic acids is 1. The highest BCUT2D eigenvalue weighted by Crippen LogP contribution is 2.43. The Bertz CT molecular complexity index is 187. The van der Waals surface area contributed by atoms with Gasteiger partial charge in [-0.1, -0.05) is 0 Å². The predicted molar refractivity (Wildman–Crippen MR) is 40.3 cm³/mol. The Hall–Kier alpha value is -0.570. The van der Waals surface area contributed by atoms with Gasteiger partial charge in [-0.15, -0.1) is 0 Å². The van der Waals surface area contributed by atoms with Gasteiger partial charge in [0.05, 0.1) is 5.92 Å². The third-order valence-corrected chi connectivity index (χ3v) is 3.12. The average Bonchev–Trinajstić information content (AvgIpc) is 2.27. The van der Waals surface area contributed by atoms with Crippen molar-refractivity contribution in [2.75, 3.05) is 6.54 Å². The highest BCUT2D eigenvalue weighted by atomic mass is 16.4. The fourth-order valence-electron chi connectivity index (χ4n) is 2.31. The Morgan fingerprint density at radius 2 is 2.27 bits per heavy atom. The SMILES string of the molecule is O=C(O)C1CCNC12CCC2. The third-order valence-electron chi connectivity index (χ3n) is 3.12. The van der Waals surface area contributed by atoms with Gasteiger partial charge in [-0.2, -0.15) is 0 Å². The molecular formula is C8H13NO2. The lowest BCUT2D eigenvalue weighted by Crippen LogP contribution is -2.52. The van der Waals surface area contributed by atoms with Crippen LogP contribution in [0.5, 0.6) is 0 Å². The molecule has 1 heterocycles. The molecule has 0 aromatic heterocycles. The lowest BCUT2D eigenvalue weighted by atomic mass is 9.69. The van der Waals surface area contributed by atoms with E-state index in [-0.39, 0.29) is 11.5 Å². The van der Waals surface area contributed by atoms with E-state index in [9.17, 15) is 4.79 Å². The molecule has 62 valence electrons. The molecule has 1 aliphatic heterocycles. The van der Waals surface area contributed by atoms with Gasteiger partial charge in [0, 0.05) is 5.54 Å². The summed E-state index contributed by atoms with van der Waals surface area (Å²) in [4.78, 5) is 10.8. The van der Waals surface area contributed by atoms with Gasteiger partial charge in [0.2, 0.25) is 0 Å². The van der Waals surface area contributed by atoms with E-state index in [1.54, 1.807) is 0 Å². The first-order valence-electron chi connectivity index (χ1n) is 4.22. The minimum absolute atomic E-state index is 0.00579. The first kappa shape index (κ1) is 7.10. The van der Waals surface area contributed by atoms with Crippen molar-refractivity contribution in [1.82, 2.24) is 5.32 Å². The summed E-state index contributed by atoms with van der Waals surface area (Å²) in [5, 5.41) is 12.2. The third kappa shape index (κ3) is 0.872. The molecule has 2 rings (SSSR count). The van der Waals surface area contributed by atoms with E-state index in [1.165, 1.54) is 6.42 Å². The highest BCUT2D eigenvalue weighted by molar-refractivity contribution is 5.72. The summed E-state index contributed by atoms with van der Waals surface area (Å²) in [6, 6.07) is 0. The molecule has 1 unspecified atom stereocenters. The number of hydrogen-bond donors (Lipinski definition) is 2. The van der Waals surface area contributed by atoms with E-state index in [4.69, 9.17) is 5.11 Å². The van der Waals surface area contributed by atoms with Crippen LogP contribution in [0.25, 0.3) is 0 Å². The Morgan fingerprint density at radius 1 is 1.55 bits per heavy atom. The second-order valence-corrected chi connectivity index (χ2v) is 3.62. The zero-order chi connectivity index (χ0) is 7.90. The van der Waals surface area contributed by atoms with Gasteiger partial charge in [-0.3, -0.25) is 4.79 Å². The molecule has 1 saturated carbocycles. The second-order valence-electron chi connectivity index (χ2n) is 3.62. The summed E-state index contributed by atoms with van der Waals surface area (Å²) in [6.45, 7) is 0.886. The summed E-state index contributed by atoms with van der Waals surface area (Å²) >= 11 is 0. The molecule has 2 fully saturated rings. The summed E-state index contributed by atoms with van der Waals surface area (Å²) in [5.41, 5.74) is 0.00579. The van der Waals surface area contributed by atoms with Crippen LogP contribution in [0.1, 0.15) is 25.7 Å². The largest absolute Gasteiger partial charge is 0.481 e. The van der Waals surface area contributed by atoms with Crippen molar-refractivity contribution in [3.63, 3.8) is 0 Å². The normalized spacial score (nSPS) is 33.6. The minimum atomic E-state index is -0.616. The quantitative estimate of drug-likeness (QED) is 0.583. The molecule has 2 N–H and O–H groups in total. The van der Waals surface area contributed by atoms with Crippen molar-refractivity contribution < 1.29 is 9.90 Å². The predicted octanol–water partition coefficient (Wildman–Crippen LogP) is 0.603. The lowest BCUT2D eigenvalue weighted by Gasteiger charge is -2.41. The second kappa shape index (κ2) is 2.21. The van der Waals surface area contributed by atoms with E-state index >= 15 is 0 Å². The van der Waals surface area contributed by atoms with Crippen molar-refractivity contribution >= 4 is 5.97 Å². The first-order chi connectivity index (χ1) is 5.25. The van der Waals surface area contributed by atoms with Crippen molar-refractivity contribution in [3.05, 3.63) is 0 Å². The number of carboxylic acid groups (broad SMARTS) is 1. The van der Waals surface area contributed by atoms with E-state index < -0.39 is 5.97 Å². The zero-order valence-corrected chi connectivity index (χ0v) is 6.47. The van der Waals surface area contributed by atoms with Crippen LogP contribution < -0.4 is 5.32 Å². The Morgan fingerprint density at radius 3 is 2.64 bits per heavy atom. The number of carbonyl (C=O) groups is 1. The average molecular weight is 155 g/mol. The van der Waals surface area contributed by atoms with Crippen LogP contribution in [-0.2, 0) is 4.79 Å². The Labute approximate surface area is 65.8 Å². The van der Waals surface area contributed by atoms with Gasteiger partial charge < -0.3 is 10.4 Å². The van der Waals surface area contributed by atoms with Crippen LogP contribution in [0.4, 0.5) is 0 Å². The lowest BCUT2D eigenvalue weighted by molar-refractivity contribution is -0.145. The van der Waals surface area contributed by atoms with Crippen molar-refractivity contribution in [1.29, 1.82) is 0 Å². The van der Waals surface area contributed by atoms with Crippen molar-refractivity contribution in [2.24, 2.45) is 5.92 Å². The summed E-state index contributed by atoms with van der Waals surface area (Å²) in [7, 11) is 0. The van der Waals surface area contributed by atoms with Crippen LogP contribution >= 0.6 is 0 Å². The van der Waals surface area contributed by atoms with Gasteiger partial charge in [0.1, 0.15) is 0 Å². The van der Waals surface area contributed by atoms with Crippen LogP contribution in [0.15, 0.2) is 0 Å². The maximum absolute atomic E-state index is 10.8. The first-order valence-corrected chi connectivity index (χ1v) is 4.22. The molecule has 1 atom stereocenters. The standard InChI is InChI=1S/C8H13NO2/c10-7(11)6-2-5-9-8(6)3-1-4-8/h6,9H,1-5H2,(H,10,11). The number of aliphatic carboxylic acids is 1. The van der Waals surface area contributed by atoms with Gasteiger partial charge >= 0.3 is 5.97 Å². The maximum Gasteiger partial charge on any atom is 0.308 e. The van der Waals surface area contributed by atoms with Crippen LogP contribution in [0.3, 0.4) is 0 Å². The summed E-state index contributed by atoms with van der Waals surface area (Å²) in [5.74, 6) is -0.731. The van der Waals surface area contributed by atoms with Crippen LogP contribution in [0.2, 0.25) is 0 Å². The molecule has 0 aromatic carbocycles. The van der Waals surface area contributed by atoms with Gasteiger partial charge in [-0.25, -0.2) is 0 Å². The number of nitrogens with one attached hydrogen (secondary N) is 1. The molecule has 0 aromatic rings. The van der Waals surface area contributed by atoms with E-state index in [1.807, 2.05) is 0 Å². The Kier molecular flexibility index (Phi) is 1.42. The summed E-state index contributed by atoms with van der Waals surface area (Å²) < 4.78 is 0. The molecule has 2 aliphatic rings. The molecule has 1 spiro atoms. The van der Waals surface area contributed by atoms with Crippen molar-refractivity contribution in [3.8, 4) is 0 Å². The topological polar surface area (TPSA) is 49.3 Å². The molecule has 1 aliphatic carbocycles. The molecular weight excluding hydrogens is 142 g/mol. The van der Waals surface area contributed by atoms with Crippen LogP contribution in [0, 0.1) is 5.92 Å². The molecule has 0 bridgehead atoms. The molecule has 0 radical (unpaired) electrons. The molecule has 1 saturated heterocycles. The fraction of sp³-hybridized carbons (Fsp3) is 0.875. The highest BCUT2D eigenvalue weighted by Gasteiger charge is 2.50. The molecule has 3 nitrogen and oxygen atoms in total. The minimum Gasteiger partial charge on any atom is -0.481 e. The Balaban J connectivity index is 2.13.